The van der Waals surface area contributed by atoms with E-state index < -0.39 is 0 Å². The van der Waals surface area contributed by atoms with E-state index in [1.165, 1.54) is 4.68 Å². The molecule has 1 N–H and O–H groups in total. The molecular weight excluding hydrogens is 358 g/mol. The fraction of sp³-hybridized carbons (Fsp3) is 0.550. The van der Waals surface area contributed by atoms with Crippen molar-refractivity contribution >= 4 is 11.7 Å². The fourth-order valence-corrected chi connectivity index (χ4v) is 3.74. The first-order valence-corrected chi connectivity index (χ1v) is 9.76. The van der Waals surface area contributed by atoms with Crippen LogP contribution in [0.4, 0.5) is 10.5 Å². The van der Waals surface area contributed by atoms with Gasteiger partial charge in [0.2, 0.25) is 0 Å². The second kappa shape index (κ2) is 8.50. The summed E-state index contributed by atoms with van der Waals surface area (Å²) in [5.41, 5.74) is 1.68. The average Bonchev–Trinajstić information content (AvgIpc) is 2.95. The summed E-state index contributed by atoms with van der Waals surface area (Å²) in [6.45, 7) is 5.94. The van der Waals surface area contributed by atoms with Crippen molar-refractivity contribution in [2.45, 2.75) is 39.7 Å². The van der Waals surface area contributed by atoms with Gasteiger partial charge in [-0.3, -0.25) is 4.57 Å². The second-order valence-electron chi connectivity index (χ2n) is 7.34. The van der Waals surface area contributed by atoms with Crippen LogP contribution >= 0.6 is 0 Å². The number of carbonyl (C=O) groups excluding carboxylic acids is 1. The van der Waals surface area contributed by atoms with Gasteiger partial charge in [0.15, 0.2) is 0 Å². The molecule has 1 aromatic heterocycles. The number of anilines is 1. The maximum absolute atomic E-state index is 12.7. The normalized spacial score (nSPS) is 14.9. The van der Waals surface area contributed by atoms with E-state index >= 15 is 0 Å². The summed E-state index contributed by atoms with van der Waals surface area (Å²) in [7, 11) is 3.28. The van der Waals surface area contributed by atoms with Crippen LogP contribution in [0.3, 0.4) is 0 Å². The first-order valence-electron chi connectivity index (χ1n) is 9.76. The van der Waals surface area contributed by atoms with E-state index in [0.29, 0.717) is 37.0 Å². The maximum Gasteiger partial charge on any atom is 0.345 e. The third-order valence-electron chi connectivity index (χ3n) is 5.37. The highest BCUT2D eigenvalue weighted by molar-refractivity contribution is 5.91. The average molecular weight is 387 g/mol. The number of amides is 2. The number of benzene rings is 1. The van der Waals surface area contributed by atoms with Crippen LogP contribution in [0.1, 0.15) is 31.2 Å². The highest BCUT2D eigenvalue weighted by atomic mass is 16.5. The highest BCUT2D eigenvalue weighted by Gasteiger charge is 2.25. The van der Waals surface area contributed by atoms with Crippen molar-refractivity contribution < 1.29 is 9.53 Å². The van der Waals surface area contributed by atoms with E-state index in [2.05, 4.69) is 10.4 Å². The molecule has 1 aromatic carbocycles. The SMILES string of the molecule is CCn1c(CC2CCN(C(=O)Nc3cc(C)ccc3OC)CC2)nn(C)c1=O. The van der Waals surface area contributed by atoms with Crippen LogP contribution in [0.2, 0.25) is 0 Å². The number of hydrogen-bond donors (Lipinski definition) is 1. The molecule has 28 heavy (non-hydrogen) atoms. The number of nitrogens with zero attached hydrogens (tertiary/aromatic N) is 4. The van der Waals surface area contributed by atoms with Crippen molar-refractivity contribution in [3.63, 3.8) is 0 Å². The molecule has 8 heteroatoms. The molecule has 2 amide bonds. The lowest BCUT2D eigenvalue weighted by Gasteiger charge is -2.32. The van der Waals surface area contributed by atoms with Crippen molar-refractivity contribution in [3.05, 3.63) is 40.1 Å². The number of piperidine rings is 1. The first-order chi connectivity index (χ1) is 13.4. The number of aryl methyl sites for hydroxylation is 2. The van der Waals surface area contributed by atoms with Gasteiger partial charge < -0.3 is 15.0 Å². The van der Waals surface area contributed by atoms with Gasteiger partial charge in [0.1, 0.15) is 11.6 Å². The van der Waals surface area contributed by atoms with Crippen molar-refractivity contribution in [1.29, 1.82) is 0 Å². The molecule has 0 spiro atoms. The Morgan fingerprint density at radius 2 is 2.04 bits per heavy atom. The van der Waals surface area contributed by atoms with E-state index in [1.807, 2.05) is 36.9 Å². The van der Waals surface area contributed by atoms with Crippen molar-refractivity contribution in [1.82, 2.24) is 19.2 Å². The van der Waals surface area contributed by atoms with Gasteiger partial charge in [0, 0.05) is 33.1 Å². The van der Waals surface area contributed by atoms with Crippen LogP contribution in [0.5, 0.6) is 5.75 Å². The van der Waals surface area contributed by atoms with Crippen molar-refractivity contribution in [2.75, 3.05) is 25.5 Å². The molecule has 1 aliphatic rings. The van der Waals surface area contributed by atoms with Crippen LogP contribution in [-0.2, 0) is 20.0 Å². The van der Waals surface area contributed by atoms with Gasteiger partial charge >= 0.3 is 11.7 Å². The minimum absolute atomic E-state index is 0.0681. The largest absolute Gasteiger partial charge is 0.495 e. The minimum Gasteiger partial charge on any atom is -0.495 e. The molecule has 3 rings (SSSR count). The van der Waals surface area contributed by atoms with E-state index in [0.717, 1.165) is 30.7 Å². The highest BCUT2D eigenvalue weighted by Crippen LogP contribution is 2.27. The Balaban J connectivity index is 1.58. The smallest absolute Gasteiger partial charge is 0.345 e. The number of rotatable bonds is 5. The van der Waals surface area contributed by atoms with Gasteiger partial charge in [-0.2, -0.15) is 5.10 Å². The molecule has 0 aliphatic carbocycles. The summed E-state index contributed by atoms with van der Waals surface area (Å²) in [6, 6.07) is 5.62. The topological polar surface area (TPSA) is 81.4 Å². The van der Waals surface area contributed by atoms with Crippen LogP contribution < -0.4 is 15.7 Å². The van der Waals surface area contributed by atoms with E-state index in [9.17, 15) is 9.59 Å². The summed E-state index contributed by atoms with van der Waals surface area (Å²) in [5.74, 6) is 1.91. The van der Waals surface area contributed by atoms with Crippen LogP contribution in [-0.4, -0.2) is 45.5 Å². The third-order valence-corrected chi connectivity index (χ3v) is 5.37. The molecule has 0 radical (unpaired) electrons. The monoisotopic (exact) mass is 387 g/mol. The molecule has 8 nitrogen and oxygen atoms in total. The van der Waals surface area contributed by atoms with Gasteiger partial charge in [-0.25, -0.2) is 14.3 Å². The summed E-state index contributed by atoms with van der Waals surface area (Å²) >= 11 is 0. The summed E-state index contributed by atoms with van der Waals surface area (Å²) in [4.78, 5) is 26.5. The zero-order valence-electron chi connectivity index (χ0n) is 17.1. The number of methoxy groups -OCH3 is 1. The molecule has 2 heterocycles. The molecule has 2 aromatic rings. The molecule has 1 fully saturated rings. The zero-order valence-corrected chi connectivity index (χ0v) is 17.1. The van der Waals surface area contributed by atoms with Gasteiger partial charge in [-0.1, -0.05) is 6.07 Å². The maximum atomic E-state index is 12.7. The number of urea groups is 1. The summed E-state index contributed by atoms with van der Waals surface area (Å²) < 4.78 is 8.46. The minimum atomic E-state index is -0.106. The predicted molar refractivity (Wildman–Crippen MR) is 108 cm³/mol. The Bertz CT molecular complexity index is 894. The van der Waals surface area contributed by atoms with Gasteiger partial charge in [-0.05, 0) is 50.3 Å². The number of nitrogens with one attached hydrogen (secondary N) is 1. The lowest BCUT2D eigenvalue weighted by molar-refractivity contribution is 0.181. The Morgan fingerprint density at radius 1 is 1.32 bits per heavy atom. The summed E-state index contributed by atoms with van der Waals surface area (Å²) in [5, 5.41) is 7.34. The van der Waals surface area contributed by atoms with Crippen LogP contribution in [0, 0.1) is 12.8 Å². The van der Waals surface area contributed by atoms with Gasteiger partial charge in [0.05, 0.1) is 12.8 Å². The second-order valence-corrected chi connectivity index (χ2v) is 7.34. The number of carbonyl (C=O) groups is 1. The fourth-order valence-electron chi connectivity index (χ4n) is 3.74. The third kappa shape index (κ3) is 4.21. The molecule has 0 bridgehead atoms. The van der Waals surface area contributed by atoms with Gasteiger partial charge in [-0.15, -0.1) is 0 Å². The lowest BCUT2D eigenvalue weighted by Crippen LogP contribution is -2.41. The number of hydrogen-bond acceptors (Lipinski definition) is 4. The molecule has 1 saturated heterocycles. The summed E-state index contributed by atoms with van der Waals surface area (Å²) in [6.07, 6.45) is 2.56. The molecular formula is C20H29N5O3. The Labute approximate surface area is 165 Å². The van der Waals surface area contributed by atoms with Crippen molar-refractivity contribution in [3.8, 4) is 5.75 Å². The number of aromatic nitrogens is 3. The Morgan fingerprint density at radius 3 is 2.68 bits per heavy atom. The Kier molecular flexibility index (Phi) is 6.06. The zero-order chi connectivity index (χ0) is 20.3. The van der Waals surface area contributed by atoms with Crippen molar-refractivity contribution in [2.24, 2.45) is 13.0 Å². The molecule has 0 unspecified atom stereocenters. The van der Waals surface area contributed by atoms with E-state index in [-0.39, 0.29) is 11.7 Å². The molecule has 152 valence electrons. The quantitative estimate of drug-likeness (QED) is 0.854. The number of ether oxygens (including phenoxy) is 1. The lowest BCUT2D eigenvalue weighted by atomic mass is 9.93. The first kappa shape index (κ1) is 20.0. The number of likely N-dealkylation sites (tertiary alicyclic amines) is 1. The standard InChI is InChI=1S/C20H29N5O3/c1-5-25-18(22-23(3)20(25)27)13-15-8-10-24(11-9-15)19(26)21-16-12-14(2)6-7-17(16)28-4/h6-7,12,15H,5,8-11,13H2,1-4H3,(H,21,26). The van der Waals surface area contributed by atoms with Crippen LogP contribution in [0.25, 0.3) is 0 Å². The van der Waals surface area contributed by atoms with Crippen LogP contribution in [0.15, 0.2) is 23.0 Å². The predicted octanol–water partition coefficient (Wildman–Crippen LogP) is 2.41. The molecule has 0 saturated carbocycles. The van der Waals surface area contributed by atoms with Gasteiger partial charge in [0.25, 0.3) is 0 Å². The molecule has 0 atom stereocenters. The van der Waals surface area contributed by atoms with E-state index in [4.69, 9.17) is 4.74 Å². The molecule has 1 aliphatic heterocycles. The Hall–Kier alpha value is -2.77. The van der Waals surface area contributed by atoms with E-state index in [1.54, 1.807) is 18.7 Å².